The van der Waals surface area contributed by atoms with Gasteiger partial charge in [0.15, 0.2) is 0 Å². The van der Waals surface area contributed by atoms with E-state index in [0.717, 1.165) is 7.11 Å². The first-order valence-electron chi connectivity index (χ1n) is 15.8. The Labute approximate surface area is 283 Å². The molecule has 5 amide bonds. The lowest BCUT2D eigenvalue weighted by atomic mass is 9.98. The van der Waals surface area contributed by atoms with Gasteiger partial charge in [-0.05, 0) is 37.5 Å². The molecule has 1 unspecified atom stereocenters. The van der Waals surface area contributed by atoms with Crippen molar-refractivity contribution in [2.75, 3.05) is 13.7 Å². The van der Waals surface area contributed by atoms with Gasteiger partial charge in [0.25, 0.3) is 5.78 Å². The van der Waals surface area contributed by atoms with Crippen LogP contribution >= 0.6 is 0 Å². The van der Waals surface area contributed by atoms with Gasteiger partial charge >= 0.3 is 17.9 Å². The molecular formula is C31H48N6O12. The number of hydrogen-bond acceptors (Lipinski definition) is 11. The van der Waals surface area contributed by atoms with Crippen LogP contribution in [0.1, 0.15) is 66.2 Å². The smallest absolute Gasteiger partial charge is 0.376 e. The number of hydrogen-bond donors (Lipinski definition) is 7. The number of aliphatic carboxylic acids is 2. The highest BCUT2D eigenvalue weighted by Gasteiger charge is 2.41. The van der Waals surface area contributed by atoms with Crippen molar-refractivity contribution < 1.29 is 58.1 Å². The molecule has 0 bridgehead atoms. The van der Waals surface area contributed by atoms with E-state index in [9.17, 15) is 43.2 Å². The summed E-state index contributed by atoms with van der Waals surface area (Å²) in [4.78, 5) is 114. The molecule has 0 aromatic carbocycles. The zero-order chi connectivity index (χ0) is 37.6. The van der Waals surface area contributed by atoms with Gasteiger partial charge in [-0.3, -0.25) is 38.4 Å². The Kier molecular flexibility index (Phi) is 17.1. The number of nitrogens with one attached hydrogen (secondary N) is 4. The molecule has 1 aliphatic heterocycles. The maximum atomic E-state index is 13.8. The molecule has 0 radical (unpaired) electrons. The number of ketones is 1. The number of amides is 5. The van der Waals surface area contributed by atoms with Crippen LogP contribution in [0.5, 0.6) is 0 Å². The molecule has 1 saturated heterocycles. The second-order valence-electron chi connectivity index (χ2n) is 12.3. The van der Waals surface area contributed by atoms with Gasteiger partial charge in [0.2, 0.25) is 29.5 Å². The number of Topliss-reactive ketones (excluding diaryl/α,β-unsaturated/α-hetero) is 1. The van der Waals surface area contributed by atoms with Crippen LogP contribution in [-0.2, 0) is 47.9 Å². The summed E-state index contributed by atoms with van der Waals surface area (Å²) in [6, 6.07) is -7.74. The minimum Gasteiger partial charge on any atom is -0.481 e. The van der Waals surface area contributed by atoms with E-state index in [0.29, 0.717) is 6.42 Å². The lowest BCUT2D eigenvalue weighted by Crippen LogP contribution is -2.61. The SMILES string of the molecule is C=CCC(NC(=O)[C@@H]1CCCN1C(=O)[C@@H](NC(=O)[C@@H](NC(=O)[C@H](CCC(=O)O)NC(=O)[C@@H](N)CC(=O)O)C(C)C)C(C)C)C(=O)C(=O)OC. The summed E-state index contributed by atoms with van der Waals surface area (Å²) in [5.74, 6) is -9.90. The second-order valence-corrected chi connectivity index (χ2v) is 12.3. The third kappa shape index (κ3) is 12.9. The topological polar surface area (TPSA) is 281 Å². The number of rotatable bonds is 20. The highest BCUT2D eigenvalue weighted by atomic mass is 16.5. The highest BCUT2D eigenvalue weighted by molar-refractivity contribution is 6.36. The van der Waals surface area contributed by atoms with Gasteiger partial charge in [-0.1, -0.05) is 33.8 Å². The molecular weight excluding hydrogens is 648 g/mol. The zero-order valence-electron chi connectivity index (χ0n) is 28.4. The normalized spacial score (nSPS) is 17.1. The summed E-state index contributed by atoms with van der Waals surface area (Å²) in [5.41, 5.74) is 5.58. The predicted octanol–water partition coefficient (Wildman–Crippen LogP) is -1.79. The van der Waals surface area contributed by atoms with Crippen LogP contribution in [0.15, 0.2) is 12.7 Å². The maximum Gasteiger partial charge on any atom is 0.376 e. The lowest BCUT2D eigenvalue weighted by molar-refractivity contribution is -0.153. The van der Waals surface area contributed by atoms with E-state index in [1.54, 1.807) is 27.7 Å². The number of esters is 1. The Hall–Kier alpha value is -4.87. The molecule has 0 aromatic heterocycles. The zero-order valence-corrected chi connectivity index (χ0v) is 28.4. The summed E-state index contributed by atoms with van der Waals surface area (Å²) in [7, 11) is 1.02. The predicted molar refractivity (Wildman–Crippen MR) is 171 cm³/mol. The Morgan fingerprint density at radius 3 is 1.96 bits per heavy atom. The Morgan fingerprint density at radius 1 is 0.857 bits per heavy atom. The molecule has 8 N–H and O–H groups in total. The first-order valence-corrected chi connectivity index (χ1v) is 15.8. The van der Waals surface area contributed by atoms with Crippen LogP contribution in [0.2, 0.25) is 0 Å². The molecule has 18 nitrogen and oxygen atoms in total. The van der Waals surface area contributed by atoms with Crippen LogP contribution in [-0.4, -0.2) is 118 Å². The number of carboxylic acid groups (broad SMARTS) is 2. The van der Waals surface area contributed by atoms with Gasteiger partial charge in [-0.25, -0.2) is 4.79 Å². The third-order valence-corrected chi connectivity index (χ3v) is 7.75. The molecule has 1 heterocycles. The third-order valence-electron chi connectivity index (χ3n) is 7.75. The van der Waals surface area contributed by atoms with Gasteiger partial charge in [-0.15, -0.1) is 6.58 Å². The summed E-state index contributed by atoms with van der Waals surface area (Å²) >= 11 is 0. The highest BCUT2D eigenvalue weighted by Crippen LogP contribution is 2.21. The number of likely N-dealkylation sites (tertiary alicyclic amines) is 1. The molecule has 1 rings (SSSR count). The average molecular weight is 697 g/mol. The molecule has 18 heteroatoms. The molecule has 274 valence electrons. The molecule has 6 atom stereocenters. The molecule has 0 saturated carbocycles. The van der Waals surface area contributed by atoms with Gasteiger partial charge in [0.05, 0.1) is 19.6 Å². The fourth-order valence-corrected chi connectivity index (χ4v) is 5.03. The number of nitrogens with two attached hydrogens (primary N) is 1. The van der Waals surface area contributed by atoms with Crippen LogP contribution in [0, 0.1) is 11.8 Å². The number of carbonyl (C=O) groups is 9. The number of carbonyl (C=O) groups excluding carboxylic acids is 7. The minimum atomic E-state index is -1.53. The van der Waals surface area contributed by atoms with Crippen molar-refractivity contribution in [1.82, 2.24) is 26.2 Å². The van der Waals surface area contributed by atoms with Crippen LogP contribution < -0.4 is 27.0 Å². The molecule has 0 aromatic rings. The van der Waals surface area contributed by atoms with Crippen molar-refractivity contribution in [1.29, 1.82) is 0 Å². The van der Waals surface area contributed by atoms with Crippen molar-refractivity contribution in [3.05, 3.63) is 12.7 Å². The fourth-order valence-electron chi connectivity index (χ4n) is 5.03. The monoisotopic (exact) mass is 696 g/mol. The van der Waals surface area contributed by atoms with E-state index in [1.165, 1.54) is 11.0 Å². The van der Waals surface area contributed by atoms with Gasteiger partial charge in [0.1, 0.15) is 30.2 Å². The summed E-state index contributed by atoms with van der Waals surface area (Å²) < 4.78 is 4.46. The molecule has 1 aliphatic rings. The Balaban J connectivity index is 3.17. The number of ether oxygens (including phenoxy) is 1. The summed E-state index contributed by atoms with van der Waals surface area (Å²) in [6.45, 7) is 10.2. The van der Waals surface area contributed by atoms with E-state index in [4.69, 9.17) is 15.9 Å². The van der Waals surface area contributed by atoms with Crippen molar-refractivity contribution in [2.24, 2.45) is 17.6 Å². The quantitative estimate of drug-likeness (QED) is 0.0421. The first kappa shape index (κ1) is 42.2. The molecule has 49 heavy (non-hydrogen) atoms. The van der Waals surface area contributed by atoms with Gasteiger partial charge < -0.3 is 46.9 Å². The maximum absolute atomic E-state index is 13.8. The number of methoxy groups -OCH3 is 1. The molecule has 0 aliphatic carbocycles. The van der Waals surface area contributed by atoms with Crippen LogP contribution in [0.25, 0.3) is 0 Å². The largest absolute Gasteiger partial charge is 0.481 e. The van der Waals surface area contributed by atoms with Crippen molar-refractivity contribution in [3.8, 4) is 0 Å². The Morgan fingerprint density at radius 2 is 1.45 bits per heavy atom. The van der Waals surface area contributed by atoms with E-state index < -0.39 is 121 Å². The first-order chi connectivity index (χ1) is 22.9. The van der Waals surface area contributed by atoms with E-state index in [-0.39, 0.29) is 19.4 Å². The number of carboxylic acids is 2. The van der Waals surface area contributed by atoms with Crippen LogP contribution in [0.4, 0.5) is 0 Å². The van der Waals surface area contributed by atoms with Gasteiger partial charge in [-0.2, -0.15) is 0 Å². The van der Waals surface area contributed by atoms with Crippen LogP contribution in [0.3, 0.4) is 0 Å². The van der Waals surface area contributed by atoms with Gasteiger partial charge in [0, 0.05) is 13.0 Å². The fraction of sp³-hybridized carbons (Fsp3) is 0.645. The molecule has 1 fully saturated rings. The lowest BCUT2D eigenvalue weighted by Gasteiger charge is -2.32. The molecule has 0 spiro atoms. The van der Waals surface area contributed by atoms with Crippen molar-refractivity contribution in [2.45, 2.75) is 102 Å². The standard InChI is InChI=1S/C31H48N6O12/c1-7-9-18(25(42)31(48)49-6)33-28(45)20-10-8-13-37(20)30(47)24(16(4)5)36-29(46)23(15(2)3)35-27(44)19(11-12-21(38)39)34-26(43)17(32)14-22(40)41/h7,15-20,23-24H,1,8-14,32H2,2-6H3,(H,33,45)(H,34,43)(H,35,44)(H,36,46)(H,38,39)(H,40,41)/t17-,18?,19-,20-,23-,24-/m0/s1. The van der Waals surface area contributed by atoms with Crippen molar-refractivity contribution >= 4 is 53.2 Å². The van der Waals surface area contributed by atoms with Crippen molar-refractivity contribution in [3.63, 3.8) is 0 Å². The number of nitrogens with zero attached hydrogens (tertiary/aromatic N) is 1. The minimum absolute atomic E-state index is 0.0662. The van der Waals surface area contributed by atoms with E-state index in [1.807, 2.05) is 0 Å². The van der Waals surface area contributed by atoms with E-state index >= 15 is 0 Å². The summed E-state index contributed by atoms with van der Waals surface area (Å²) in [5, 5.41) is 27.9. The van der Waals surface area contributed by atoms with E-state index in [2.05, 4.69) is 32.6 Å². The average Bonchev–Trinajstić information content (AvgIpc) is 3.52. The summed E-state index contributed by atoms with van der Waals surface area (Å²) in [6.07, 6.45) is 0.255. The second kappa shape index (κ2) is 19.8. The Bertz CT molecular complexity index is 1290.